The monoisotopic (exact) mass is 262 g/mol. The molecule has 0 heterocycles. The Labute approximate surface area is 102 Å². The molecule has 0 fully saturated rings. The van der Waals surface area contributed by atoms with Crippen molar-refractivity contribution in [3.63, 3.8) is 0 Å². The SMILES string of the molecule is CC(COc1ccc(C(F)(F)F)cc1)/C(N)=N/O. The van der Waals surface area contributed by atoms with Gasteiger partial charge in [-0.2, -0.15) is 13.2 Å². The van der Waals surface area contributed by atoms with Crippen molar-refractivity contribution >= 4 is 5.84 Å². The Balaban J connectivity index is 2.60. The van der Waals surface area contributed by atoms with E-state index < -0.39 is 11.7 Å². The van der Waals surface area contributed by atoms with Crippen LogP contribution >= 0.6 is 0 Å². The summed E-state index contributed by atoms with van der Waals surface area (Å²) in [6.07, 6.45) is -4.36. The van der Waals surface area contributed by atoms with Crippen molar-refractivity contribution in [3.8, 4) is 5.75 Å². The van der Waals surface area contributed by atoms with E-state index in [1.54, 1.807) is 6.92 Å². The number of benzene rings is 1. The minimum atomic E-state index is -4.36. The second-order valence-corrected chi connectivity index (χ2v) is 3.76. The Bertz CT molecular complexity index is 415. The minimum absolute atomic E-state index is 0.00177. The lowest BCUT2D eigenvalue weighted by molar-refractivity contribution is -0.137. The van der Waals surface area contributed by atoms with Gasteiger partial charge in [-0.25, -0.2) is 0 Å². The van der Waals surface area contributed by atoms with Crippen LogP contribution in [0.5, 0.6) is 5.75 Å². The molecular formula is C11H13F3N2O2. The number of halogens is 3. The second-order valence-electron chi connectivity index (χ2n) is 3.76. The molecule has 0 aliphatic heterocycles. The molecule has 0 aromatic heterocycles. The summed E-state index contributed by atoms with van der Waals surface area (Å²) in [5.74, 6) is -0.0419. The molecule has 0 spiro atoms. The second kappa shape index (κ2) is 5.61. The number of nitrogens with two attached hydrogens (primary N) is 1. The molecule has 0 aliphatic rings. The fourth-order valence-electron chi connectivity index (χ4n) is 1.15. The summed E-state index contributed by atoms with van der Waals surface area (Å²) in [6.45, 7) is 1.78. The van der Waals surface area contributed by atoms with E-state index in [2.05, 4.69) is 5.16 Å². The summed E-state index contributed by atoms with van der Waals surface area (Å²) in [4.78, 5) is 0. The fraction of sp³-hybridized carbons (Fsp3) is 0.364. The van der Waals surface area contributed by atoms with Crippen LogP contribution in [0, 0.1) is 5.92 Å². The molecule has 0 saturated heterocycles. The quantitative estimate of drug-likeness (QED) is 0.379. The van der Waals surface area contributed by atoms with Crippen LogP contribution in [0.3, 0.4) is 0 Å². The largest absolute Gasteiger partial charge is 0.493 e. The lowest BCUT2D eigenvalue weighted by atomic mass is 10.2. The van der Waals surface area contributed by atoms with E-state index in [1.165, 1.54) is 12.1 Å². The van der Waals surface area contributed by atoms with Crippen LogP contribution in [0.25, 0.3) is 0 Å². The fourth-order valence-corrected chi connectivity index (χ4v) is 1.15. The van der Waals surface area contributed by atoms with Crippen LogP contribution in [0.4, 0.5) is 13.2 Å². The van der Waals surface area contributed by atoms with Gasteiger partial charge in [0.1, 0.15) is 11.6 Å². The number of hydrogen-bond donors (Lipinski definition) is 2. The van der Waals surface area contributed by atoms with Crippen molar-refractivity contribution in [3.05, 3.63) is 29.8 Å². The first-order chi connectivity index (χ1) is 8.34. The summed E-state index contributed by atoms with van der Waals surface area (Å²) in [5.41, 5.74) is 4.60. The van der Waals surface area contributed by atoms with Gasteiger partial charge in [0.25, 0.3) is 0 Å². The summed E-state index contributed by atoms with van der Waals surface area (Å²) in [5, 5.41) is 11.2. The molecule has 1 aromatic rings. The number of nitrogens with zero attached hydrogens (tertiary/aromatic N) is 1. The van der Waals surface area contributed by atoms with Crippen LogP contribution in [0.2, 0.25) is 0 Å². The Kier molecular flexibility index (Phi) is 4.41. The Morgan fingerprint density at radius 2 is 1.94 bits per heavy atom. The summed E-state index contributed by atoms with van der Waals surface area (Å²) in [7, 11) is 0. The van der Waals surface area contributed by atoms with Gasteiger partial charge >= 0.3 is 6.18 Å². The van der Waals surface area contributed by atoms with E-state index >= 15 is 0 Å². The molecule has 0 amide bonds. The van der Waals surface area contributed by atoms with E-state index in [-0.39, 0.29) is 18.4 Å². The van der Waals surface area contributed by atoms with Crippen molar-refractivity contribution in [1.82, 2.24) is 0 Å². The van der Waals surface area contributed by atoms with E-state index in [1.807, 2.05) is 0 Å². The zero-order valence-electron chi connectivity index (χ0n) is 9.61. The molecule has 0 bridgehead atoms. The molecule has 1 aromatic carbocycles. The summed E-state index contributed by atoms with van der Waals surface area (Å²) < 4.78 is 42.1. The number of hydrogen-bond acceptors (Lipinski definition) is 3. The Morgan fingerprint density at radius 3 is 2.39 bits per heavy atom. The van der Waals surface area contributed by atoms with Gasteiger partial charge < -0.3 is 15.7 Å². The molecule has 0 saturated carbocycles. The average Bonchev–Trinajstić information content (AvgIpc) is 2.34. The van der Waals surface area contributed by atoms with Gasteiger partial charge in [0, 0.05) is 0 Å². The van der Waals surface area contributed by atoms with Gasteiger partial charge in [0.05, 0.1) is 18.1 Å². The smallest absolute Gasteiger partial charge is 0.416 e. The van der Waals surface area contributed by atoms with Crippen LogP contribution in [-0.2, 0) is 6.18 Å². The molecule has 1 unspecified atom stereocenters. The molecule has 100 valence electrons. The van der Waals surface area contributed by atoms with Crippen molar-refractivity contribution in [2.45, 2.75) is 13.1 Å². The molecule has 18 heavy (non-hydrogen) atoms. The van der Waals surface area contributed by atoms with Crippen molar-refractivity contribution in [2.75, 3.05) is 6.61 Å². The maximum absolute atomic E-state index is 12.3. The first kappa shape index (κ1) is 14.1. The van der Waals surface area contributed by atoms with Gasteiger partial charge in [-0.1, -0.05) is 12.1 Å². The predicted molar refractivity (Wildman–Crippen MR) is 59.5 cm³/mol. The van der Waals surface area contributed by atoms with Crippen LogP contribution in [-0.4, -0.2) is 17.6 Å². The number of ether oxygens (including phenoxy) is 1. The first-order valence-corrected chi connectivity index (χ1v) is 5.12. The highest BCUT2D eigenvalue weighted by Crippen LogP contribution is 2.30. The number of rotatable bonds is 4. The molecule has 4 nitrogen and oxygen atoms in total. The highest BCUT2D eigenvalue weighted by molar-refractivity contribution is 5.81. The molecule has 0 aliphatic carbocycles. The van der Waals surface area contributed by atoms with Crippen LogP contribution in [0.1, 0.15) is 12.5 Å². The number of amidine groups is 1. The van der Waals surface area contributed by atoms with Crippen molar-refractivity contribution in [2.24, 2.45) is 16.8 Å². The summed E-state index contributed by atoms with van der Waals surface area (Å²) >= 11 is 0. The van der Waals surface area contributed by atoms with Crippen molar-refractivity contribution < 1.29 is 23.1 Å². The predicted octanol–water partition coefficient (Wildman–Crippen LogP) is 2.47. The van der Waals surface area contributed by atoms with Gasteiger partial charge in [-0.3, -0.25) is 0 Å². The third kappa shape index (κ3) is 3.83. The van der Waals surface area contributed by atoms with Gasteiger partial charge in [-0.05, 0) is 24.3 Å². The maximum atomic E-state index is 12.3. The van der Waals surface area contributed by atoms with E-state index in [9.17, 15) is 13.2 Å². The molecular weight excluding hydrogens is 249 g/mol. The van der Waals surface area contributed by atoms with Crippen LogP contribution in [0.15, 0.2) is 29.4 Å². The Morgan fingerprint density at radius 1 is 1.39 bits per heavy atom. The zero-order chi connectivity index (χ0) is 13.8. The van der Waals surface area contributed by atoms with Gasteiger partial charge in [0.2, 0.25) is 0 Å². The van der Waals surface area contributed by atoms with E-state index in [0.717, 1.165) is 12.1 Å². The summed E-state index contributed by atoms with van der Waals surface area (Å²) in [6, 6.07) is 4.32. The highest BCUT2D eigenvalue weighted by Gasteiger charge is 2.30. The average molecular weight is 262 g/mol. The van der Waals surface area contributed by atoms with Gasteiger partial charge in [-0.15, -0.1) is 0 Å². The highest BCUT2D eigenvalue weighted by atomic mass is 19.4. The first-order valence-electron chi connectivity index (χ1n) is 5.12. The number of oxime groups is 1. The van der Waals surface area contributed by atoms with Crippen molar-refractivity contribution in [1.29, 1.82) is 0 Å². The molecule has 1 atom stereocenters. The maximum Gasteiger partial charge on any atom is 0.416 e. The van der Waals surface area contributed by atoms with E-state index in [4.69, 9.17) is 15.7 Å². The number of alkyl halides is 3. The van der Waals surface area contributed by atoms with E-state index in [0.29, 0.717) is 5.75 Å². The zero-order valence-corrected chi connectivity index (χ0v) is 9.61. The minimum Gasteiger partial charge on any atom is -0.493 e. The third-order valence-corrected chi connectivity index (χ3v) is 2.30. The standard InChI is InChI=1S/C11H13F3N2O2/c1-7(10(15)16-17)6-18-9-4-2-8(3-5-9)11(12,13)14/h2-5,7,17H,6H2,1H3,(H2,15,16). The van der Waals surface area contributed by atoms with Gasteiger partial charge in [0.15, 0.2) is 0 Å². The molecule has 0 radical (unpaired) electrons. The molecule has 7 heteroatoms. The van der Waals surface area contributed by atoms with Crippen LogP contribution < -0.4 is 10.5 Å². The normalized spacial score (nSPS) is 14.3. The Hall–Kier alpha value is -1.92. The molecule has 1 rings (SSSR count). The topological polar surface area (TPSA) is 67.8 Å². The third-order valence-electron chi connectivity index (χ3n) is 2.30. The molecule has 3 N–H and O–H groups in total. The lowest BCUT2D eigenvalue weighted by Gasteiger charge is -2.12. The lowest BCUT2D eigenvalue weighted by Crippen LogP contribution is -2.26.